The molecule has 0 radical (unpaired) electrons. The highest BCUT2D eigenvalue weighted by molar-refractivity contribution is 5.99. The minimum absolute atomic E-state index is 0.0000694. The lowest BCUT2D eigenvalue weighted by atomic mass is 9.78. The van der Waals surface area contributed by atoms with Gasteiger partial charge in [0.1, 0.15) is 5.78 Å². The van der Waals surface area contributed by atoms with Crippen LogP contribution in [-0.4, -0.2) is 11.6 Å². The van der Waals surface area contributed by atoms with Gasteiger partial charge in [-0.25, -0.2) is 0 Å². The van der Waals surface area contributed by atoms with Gasteiger partial charge in [0.15, 0.2) is 5.78 Å². The van der Waals surface area contributed by atoms with Gasteiger partial charge in [-0.2, -0.15) is 0 Å². The third-order valence-electron chi connectivity index (χ3n) is 2.86. The first-order chi connectivity index (χ1) is 6.87. The van der Waals surface area contributed by atoms with E-state index in [1.54, 1.807) is 13.0 Å². The highest BCUT2D eigenvalue weighted by Gasteiger charge is 2.29. The highest BCUT2D eigenvalue weighted by Crippen LogP contribution is 2.27. The van der Waals surface area contributed by atoms with Crippen LogP contribution in [0.3, 0.4) is 0 Å². The van der Waals surface area contributed by atoms with Crippen molar-refractivity contribution in [3.63, 3.8) is 0 Å². The number of carbonyl (C=O) groups is 2. The maximum Gasteiger partial charge on any atom is 0.160 e. The molecule has 15 heavy (non-hydrogen) atoms. The van der Waals surface area contributed by atoms with Crippen molar-refractivity contribution in [2.24, 2.45) is 0 Å². The molecule has 1 rings (SSSR count). The Morgan fingerprint density at radius 3 is 2.07 bits per heavy atom. The molecule has 80 valence electrons. The third-order valence-corrected chi connectivity index (χ3v) is 2.86. The van der Waals surface area contributed by atoms with Crippen LogP contribution in [0, 0.1) is 0 Å². The number of rotatable bonds is 3. The van der Waals surface area contributed by atoms with Crippen molar-refractivity contribution in [1.82, 2.24) is 0 Å². The molecular formula is C13H16O2. The smallest absolute Gasteiger partial charge is 0.160 e. The lowest BCUT2D eigenvalue weighted by Gasteiger charge is -2.23. The minimum atomic E-state index is -0.595. The Bertz CT molecular complexity index is 403. The Labute approximate surface area is 90.3 Å². The normalized spacial score (nSPS) is 11.2. The summed E-state index contributed by atoms with van der Waals surface area (Å²) >= 11 is 0. The number of hydrogen-bond donors (Lipinski definition) is 0. The fourth-order valence-corrected chi connectivity index (χ4v) is 1.52. The van der Waals surface area contributed by atoms with Crippen LogP contribution in [0.1, 0.15) is 43.6 Å². The number of ketones is 2. The number of carbonyl (C=O) groups excluding carboxylic acids is 2. The Morgan fingerprint density at radius 1 is 1.07 bits per heavy atom. The van der Waals surface area contributed by atoms with Crippen molar-refractivity contribution in [3.8, 4) is 0 Å². The van der Waals surface area contributed by atoms with Gasteiger partial charge in [-0.3, -0.25) is 9.59 Å². The fraction of sp³-hybridized carbons (Fsp3) is 0.385. The molecule has 2 heteroatoms. The molecule has 0 saturated heterocycles. The summed E-state index contributed by atoms with van der Waals surface area (Å²) in [5.74, 6) is 0.0659. The van der Waals surface area contributed by atoms with E-state index in [1.165, 1.54) is 6.92 Å². The molecule has 0 aliphatic heterocycles. The van der Waals surface area contributed by atoms with Gasteiger partial charge in [-0.15, -0.1) is 0 Å². The quantitative estimate of drug-likeness (QED) is 0.709. The van der Waals surface area contributed by atoms with E-state index in [2.05, 4.69) is 0 Å². The molecule has 0 spiro atoms. The van der Waals surface area contributed by atoms with Crippen LogP contribution in [0.25, 0.3) is 0 Å². The second-order valence-electron chi connectivity index (χ2n) is 4.28. The molecule has 0 fully saturated rings. The van der Waals surface area contributed by atoms with Gasteiger partial charge in [0.25, 0.3) is 0 Å². The predicted molar refractivity (Wildman–Crippen MR) is 60.2 cm³/mol. The van der Waals surface area contributed by atoms with E-state index in [4.69, 9.17) is 0 Å². The van der Waals surface area contributed by atoms with Crippen LogP contribution in [0.5, 0.6) is 0 Å². The molecule has 0 amide bonds. The zero-order valence-corrected chi connectivity index (χ0v) is 9.63. The maximum absolute atomic E-state index is 11.5. The van der Waals surface area contributed by atoms with Crippen LogP contribution in [-0.2, 0) is 10.2 Å². The molecule has 0 bridgehead atoms. The summed E-state index contributed by atoms with van der Waals surface area (Å²) in [5.41, 5.74) is 0.852. The van der Waals surface area contributed by atoms with Crippen molar-refractivity contribution < 1.29 is 9.59 Å². The predicted octanol–water partition coefficient (Wildman–Crippen LogP) is 2.76. The first kappa shape index (κ1) is 11.6. The Morgan fingerprint density at radius 2 is 1.60 bits per heavy atom. The number of hydrogen-bond acceptors (Lipinski definition) is 2. The topological polar surface area (TPSA) is 34.1 Å². The Hall–Kier alpha value is -1.44. The number of benzene rings is 1. The zero-order valence-electron chi connectivity index (χ0n) is 9.63. The van der Waals surface area contributed by atoms with E-state index in [9.17, 15) is 9.59 Å². The summed E-state index contributed by atoms with van der Waals surface area (Å²) in [4.78, 5) is 23.0. The van der Waals surface area contributed by atoms with Gasteiger partial charge in [-0.1, -0.05) is 24.3 Å². The fourth-order valence-electron chi connectivity index (χ4n) is 1.52. The zero-order chi connectivity index (χ0) is 11.6. The molecule has 0 aromatic heterocycles. The van der Waals surface area contributed by atoms with E-state index < -0.39 is 5.41 Å². The van der Waals surface area contributed by atoms with Gasteiger partial charge < -0.3 is 0 Å². The highest BCUT2D eigenvalue weighted by atomic mass is 16.1. The molecule has 2 nitrogen and oxygen atoms in total. The molecule has 0 heterocycles. The first-order valence-corrected chi connectivity index (χ1v) is 4.99. The summed E-state index contributed by atoms with van der Waals surface area (Å²) in [6.45, 7) is 6.76. The van der Waals surface area contributed by atoms with Crippen LogP contribution in [0.15, 0.2) is 24.3 Å². The first-order valence-electron chi connectivity index (χ1n) is 4.99. The van der Waals surface area contributed by atoms with Gasteiger partial charge in [0.2, 0.25) is 0 Å². The molecule has 1 aromatic carbocycles. The average molecular weight is 204 g/mol. The summed E-state index contributed by atoms with van der Waals surface area (Å²) < 4.78 is 0. The summed E-state index contributed by atoms with van der Waals surface area (Å²) in [7, 11) is 0. The van der Waals surface area contributed by atoms with E-state index in [-0.39, 0.29) is 11.6 Å². The van der Waals surface area contributed by atoms with Gasteiger partial charge >= 0.3 is 0 Å². The van der Waals surface area contributed by atoms with Crippen LogP contribution in [0.4, 0.5) is 0 Å². The van der Waals surface area contributed by atoms with E-state index in [1.807, 2.05) is 32.0 Å². The molecule has 0 atom stereocenters. The second kappa shape index (κ2) is 3.97. The third kappa shape index (κ3) is 2.14. The van der Waals surface area contributed by atoms with E-state index in [0.29, 0.717) is 5.56 Å². The van der Waals surface area contributed by atoms with E-state index in [0.717, 1.165) is 5.56 Å². The van der Waals surface area contributed by atoms with Crippen molar-refractivity contribution >= 4 is 11.6 Å². The van der Waals surface area contributed by atoms with Gasteiger partial charge in [0, 0.05) is 11.0 Å². The molecule has 0 aliphatic rings. The molecule has 0 N–H and O–H groups in total. The molecule has 0 unspecified atom stereocenters. The van der Waals surface area contributed by atoms with Crippen molar-refractivity contribution in [1.29, 1.82) is 0 Å². The summed E-state index contributed by atoms with van der Waals surface area (Å²) in [5, 5.41) is 0. The van der Waals surface area contributed by atoms with Gasteiger partial charge in [-0.05, 0) is 33.3 Å². The lowest BCUT2D eigenvalue weighted by molar-refractivity contribution is -0.121. The van der Waals surface area contributed by atoms with Gasteiger partial charge in [0.05, 0.1) is 0 Å². The van der Waals surface area contributed by atoms with Crippen molar-refractivity contribution in [3.05, 3.63) is 35.4 Å². The monoisotopic (exact) mass is 204 g/mol. The SMILES string of the molecule is CC(=O)c1ccccc1C(C)(C)C(C)=O. The minimum Gasteiger partial charge on any atom is -0.299 e. The second-order valence-corrected chi connectivity index (χ2v) is 4.28. The maximum atomic E-state index is 11.5. The Kier molecular flexibility index (Phi) is 3.08. The van der Waals surface area contributed by atoms with Crippen molar-refractivity contribution in [2.75, 3.05) is 0 Å². The van der Waals surface area contributed by atoms with Crippen molar-refractivity contribution in [2.45, 2.75) is 33.1 Å². The summed E-state index contributed by atoms with van der Waals surface area (Å²) in [6, 6.07) is 7.28. The largest absolute Gasteiger partial charge is 0.299 e. The molecular weight excluding hydrogens is 188 g/mol. The molecule has 0 aliphatic carbocycles. The van der Waals surface area contributed by atoms with Crippen LogP contribution < -0.4 is 0 Å². The molecule has 0 saturated carbocycles. The lowest BCUT2D eigenvalue weighted by Crippen LogP contribution is -2.28. The Balaban J connectivity index is 3.37. The van der Waals surface area contributed by atoms with E-state index >= 15 is 0 Å². The standard InChI is InChI=1S/C13H16O2/c1-9(14)11-7-5-6-8-12(11)13(3,4)10(2)15/h5-8H,1-4H3. The summed E-state index contributed by atoms with van der Waals surface area (Å²) in [6.07, 6.45) is 0. The molecule has 1 aromatic rings. The number of Topliss-reactive ketones (excluding diaryl/α,β-unsaturated/α-hetero) is 2. The van der Waals surface area contributed by atoms with Crippen LogP contribution >= 0.6 is 0 Å². The van der Waals surface area contributed by atoms with Crippen LogP contribution in [0.2, 0.25) is 0 Å². The average Bonchev–Trinajstić information content (AvgIpc) is 2.17.